The standard InChI is InChI=1S/C23H27NO3/c1-27-23(26)12-8-19-7-10-21-20(17-19)9-11-22(21)24(15-16-25)14-13-18-5-3-2-4-6-18/h2-8,10,12,17,22,25H,9,11,13-16H2,1H3/b12-8+. The summed E-state index contributed by atoms with van der Waals surface area (Å²) in [5.74, 6) is -0.344. The Morgan fingerprint density at radius 1 is 1.22 bits per heavy atom. The van der Waals surface area contributed by atoms with Crippen molar-refractivity contribution in [2.24, 2.45) is 0 Å². The summed E-state index contributed by atoms with van der Waals surface area (Å²) in [5.41, 5.74) is 5.00. The summed E-state index contributed by atoms with van der Waals surface area (Å²) < 4.78 is 4.65. The highest BCUT2D eigenvalue weighted by atomic mass is 16.5. The first-order valence-corrected chi connectivity index (χ1v) is 9.49. The van der Waals surface area contributed by atoms with E-state index in [0.717, 1.165) is 31.4 Å². The van der Waals surface area contributed by atoms with Crippen LogP contribution in [0.25, 0.3) is 6.08 Å². The molecule has 4 heteroatoms. The van der Waals surface area contributed by atoms with E-state index in [1.54, 1.807) is 6.08 Å². The predicted octanol–water partition coefficient (Wildman–Crippen LogP) is 3.40. The summed E-state index contributed by atoms with van der Waals surface area (Å²) >= 11 is 0. The molecule has 1 N–H and O–H groups in total. The Kier molecular flexibility index (Phi) is 6.80. The fraction of sp³-hybridized carbons (Fsp3) is 0.348. The Bertz CT molecular complexity index is 785. The second-order valence-corrected chi connectivity index (χ2v) is 6.86. The normalized spacial score (nSPS) is 16.0. The molecule has 0 aromatic heterocycles. The molecule has 142 valence electrons. The van der Waals surface area contributed by atoms with Gasteiger partial charge in [-0.15, -0.1) is 0 Å². The van der Waals surface area contributed by atoms with Crippen molar-refractivity contribution in [3.8, 4) is 0 Å². The molecular weight excluding hydrogens is 338 g/mol. The third-order valence-electron chi connectivity index (χ3n) is 5.18. The number of fused-ring (bicyclic) bond motifs is 1. The molecule has 0 radical (unpaired) electrons. The van der Waals surface area contributed by atoms with Gasteiger partial charge in [-0.05, 0) is 47.6 Å². The highest BCUT2D eigenvalue weighted by molar-refractivity contribution is 5.86. The van der Waals surface area contributed by atoms with Crippen LogP contribution in [-0.4, -0.2) is 42.8 Å². The summed E-state index contributed by atoms with van der Waals surface area (Å²) in [6.45, 7) is 1.78. The van der Waals surface area contributed by atoms with Gasteiger partial charge >= 0.3 is 5.97 Å². The summed E-state index contributed by atoms with van der Waals surface area (Å²) in [6.07, 6.45) is 6.31. The van der Waals surface area contributed by atoms with Crippen molar-refractivity contribution >= 4 is 12.0 Å². The minimum atomic E-state index is -0.344. The van der Waals surface area contributed by atoms with Crippen molar-refractivity contribution < 1.29 is 14.6 Å². The number of benzene rings is 2. The molecular formula is C23H27NO3. The summed E-state index contributed by atoms with van der Waals surface area (Å²) in [5, 5.41) is 9.54. The smallest absolute Gasteiger partial charge is 0.330 e. The highest BCUT2D eigenvalue weighted by Gasteiger charge is 2.27. The van der Waals surface area contributed by atoms with E-state index < -0.39 is 0 Å². The van der Waals surface area contributed by atoms with E-state index in [1.807, 2.05) is 12.1 Å². The number of hydrogen-bond donors (Lipinski definition) is 1. The zero-order chi connectivity index (χ0) is 19.1. The van der Waals surface area contributed by atoms with E-state index in [2.05, 4.69) is 46.0 Å². The predicted molar refractivity (Wildman–Crippen MR) is 107 cm³/mol. The minimum Gasteiger partial charge on any atom is -0.466 e. The Hall–Kier alpha value is -2.43. The van der Waals surface area contributed by atoms with Crippen molar-refractivity contribution in [2.75, 3.05) is 26.8 Å². The largest absolute Gasteiger partial charge is 0.466 e. The van der Waals surface area contributed by atoms with Gasteiger partial charge in [-0.3, -0.25) is 4.90 Å². The van der Waals surface area contributed by atoms with Crippen LogP contribution in [0.15, 0.2) is 54.6 Å². The molecule has 27 heavy (non-hydrogen) atoms. The van der Waals surface area contributed by atoms with Crippen LogP contribution in [0.2, 0.25) is 0 Å². The molecule has 0 fully saturated rings. The van der Waals surface area contributed by atoms with Gasteiger partial charge in [0.25, 0.3) is 0 Å². The van der Waals surface area contributed by atoms with E-state index in [9.17, 15) is 9.90 Å². The lowest BCUT2D eigenvalue weighted by Gasteiger charge is -2.29. The molecule has 0 saturated carbocycles. The van der Waals surface area contributed by atoms with Crippen LogP contribution >= 0.6 is 0 Å². The molecule has 1 aliphatic carbocycles. The van der Waals surface area contributed by atoms with Gasteiger partial charge in [0.05, 0.1) is 13.7 Å². The molecule has 1 aliphatic rings. The number of aryl methyl sites for hydroxylation is 1. The lowest BCUT2D eigenvalue weighted by atomic mass is 10.0. The van der Waals surface area contributed by atoms with Crippen LogP contribution in [0, 0.1) is 0 Å². The summed E-state index contributed by atoms with van der Waals surface area (Å²) in [6, 6.07) is 17.2. The number of aliphatic hydroxyl groups excluding tert-OH is 1. The zero-order valence-electron chi connectivity index (χ0n) is 15.8. The molecule has 0 amide bonds. The van der Waals surface area contributed by atoms with Crippen LogP contribution in [0.3, 0.4) is 0 Å². The molecule has 1 atom stereocenters. The van der Waals surface area contributed by atoms with E-state index >= 15 is 0 Å². The van der Waals surface area contributed by atoms with Crippen molar-refractivity contribution in [2.45, 2.75) is 25.3 Å². The van der Waals surface area contributed by atoms with E-state index in [0.29, 0.717) is 12.6 Å². The van der Waals surface area contributed by atoms with Gasteiger partial charge in [-0.25, -0.2) is 4.79 Å². The molecule has 0 heterocycles. The van der Waals surface area contributed by atoms with Gasteiger partial charge < -0.3 is 9.84 Å². The van der Waals surface area contributed by atoms with Gasteiger partial charge in [0.2, 0.25) is 0 Å². The molecule has 1 unspecified atom stereocenters. The fourth-order valence-corrected chi connectivity index (χ4v) is 3.80. The number of rotatable bonds is 8. The number of methoxy groups -OCH3 is 1. The van der Waals surface area contributed by atoms with Crippen molar-refractivity contribution in [3.05, 3.63) is 76.9 Å². The molecule has 2 aromatic rings. The molecule has 0 bridgehead atoms. The first kappa shape index (κ1) is 19.3. The van der Waals surface area contributed by atoms with Gasteiger partial charge in [-0.1, -0.05) is 48.5 Å². The van der Waals surface area contributed by atoms with Crippen LogP contribution in [0.1, 0.15) is 34.7 Å². The van der Waals surface area contributed by atoms with Gasteiger partial charge in [0.1, 0.15) is 0 Å². The van der Waals surface area contributed by atoms with Crippen molar-refractivity contribution in [1.82, 2.24) is 4.90 Å². The maximum Gasteiger partial charge on any atom is 0.330 e. The molecule has 4 nitrogen and oxygen atoms in total. The summed E-state index contributed by atoms with van der Waals surface area (Å²) in [7, 11) is 1.38. The quantitative estimate of drug-likeness (QED) is 0.575. The Morgan fingerprint density at radius 3 is 2.78 bits per heavy atom. The Balaban J connectivity index is 1.71. The van der Waals surface area contributed by atoms with E-state index in [1.165, 1.54) is 29.9 Å². The lowest BCUT2D eigenvalue weighted by molar-refractivity contribution is -0.134. The molecule has 3 rings (SSSR count). The number of carbonyl (C=O) groups is 1. The Morgan fingerprint density at radius 2 is 2.04 bits per heavy atom. The number of carbonyl (C=O) groups excluding carboxylic acids is 1. The van der Waals surface area contributed by atoms with Crippen molar-refractivity contribution in [1.29, 1.82) is 0 Å². The first-order valence-electron chi connectivity index (χ1n) is 9.49. The second-order valence-electron chi connectivity index (χ2n) is 6.86. The number of nitrogens with zero attached hydrogens (tertiary/aromatic N) is 1. The van der Waals surface area contributed by atoms with Gasteiger partial charge in [0.15, 0.2) is 0 Å². The molecule has 0 spiro atoms. The van der Waals surface area contributed by atoms with Crippen LogP contribution < -0.4 is 0 Å². The zero-order valence-corrected chi connectivity index (χ0v) is 15.8. The third-order valence-corrected chi connectivity index (χ3v) is 5.18. The minimum absolute atomic E-state index is 0.167. The average Bonchev–Trinajstić information content (AvgIpc) is 3.13. The van der Waals surface area contributed by atoms with Crippen LogP contribution in [0.5, 0.6) is 0 Å². The van der Waals surface area contributed by atoms with Crippen LogP contribution in [-0.2, 0) is 22.4 Å². The number of ether oxygens (including phenoxy) is 1. The monoisotopic (exact) mass is 365 g/mol. The lowest BCUT2D eigenvalue weighted by Crippen LogP contribution is -2.32. The van der Waals surface area contributed by atoms with E-state index in [-0.39, 0.29) is 12.6 Å². The van der Waals surface area contributed by atoms with E-state index in [4.69, 9.17) is 0 Å². The SMILES string of the molecule is COC(=O)/C=C/c1ccc2c(c1)CCC2N(CCO)CCc1ccccc1. The van der Waals surface area contributed by atoms with Crippen LogP contribution in [0.4, 0.5) is 0 Å². The molecule has 0 saturated heterocycles. The highest BCUT2D eigenvalue weighted by Crippen LogP contribution is 2.36. The van der Waals surface area contributed by atoms with Crippen molar-refractivity contribution in [3.63, 3.8) is 0 Å². The third kappa shape index (κ3) is 5.06. The fourth-order valence-electron chi connectivity index (χ4n) is 3.80. The first-order chi connectivity index (χ1) is 13.2. The van der Waals surface area contributed by atoms with Gasteiger partial charge in [-0.2, -0.15) is 0 Å². The number of hydrogen-bond acceptors (Lipinski definition) is 4. The van der Waals surface area contributed by atoms with Gasteiger partial charge in [0, 0.05) is 25.2 Å². The molecule has 2 aromatic carbocycles. The topological polar surface area (TPSA) is 49.8 Å². The Labute approximate surface area is 161 Å². The summed E-state index contributed by atoms with van der Waals surface area (Å²) in [4.78, 5) is 13.7. The average molecular weight is 365 g/mol. The maximum atomic E-state index is 11.3. The maximum absolute atomic E-state index is 11.3. The number of aliphatic hydroxyl groups is 1. The second kappa shape index (κ2) is 9.49. The number of esters is 1. The molecule has 0 aliphatic heterocycles.